The average molecular weight is 300 g/mol. The van der Waals surface area contributed by atoms with Crippen LogP contribution in [-0.2, 0) is 16.8 Å². The Morgan fingerprint density at radius 1 is 0.889 bits per heavy atom. The molecule has 0 aromatic carbocycles. The van der Waals surface area contributed by atoms with Gasteiger partial charge in [0.15, 0.2) is 6.68 Å². The second-order valence-electron chi connectivity index (χ2n) is 3.26. The molecule has 0 bridgehead atoms. The minimum absolute atomic E-state index is 0. The summed E-state index contributed by atoms with van der Waals surface area (Å²) in [5.41, 5.74) is 0. The van der Waals surface area contributed by atoms with Gasteiger partial charge in [0.2, 0.25) is 0 Å². The van der Waals surface area contributed by atoms with Crippen molar-refractivity contribution in [1.29, 1.82) is 0 Å². The number of rotatable bonds is 0. The molecular formula is C14H16CoF3. The summed E-state index contributed by atoms with van der Waals surface area (Å²) in [5.74, 6) is 0. The molecule has 0 unspecified atom stereocenters. The average Bonchev–Trinajstić information content (AvgIpc) is 2.72. The summed E-state index contributed by atoms with van der Waals surface area (Å²) in [6.07, 6.45) is 24.5. The van der Waals surface area contributed by atoms with E-state index < -0.39 is 6.68 Å². The van der Waals surface area contributed by atoms with Gasteiger partial charge < -0.3 is 13.2 Å². The second kappa shape index (κ2) is 16.3. The summed E-state index contributed by atoms with van der Waals surface area (Å²) < 4.78 is 28.8. The van der Waals surface area contributed by atoms with E-state index in [1.54, 1.807) is 0 Å². The zero-order chi connectivity index (χ0) is 12.8. The van der Waals surface area contributed by atoms with Gasteiger partial charge in [0.05, 0.1) is 0 Å². The van der Waals surface area contributed by atoms with Crippen molar-refractivity contribution in [3.8, 4) is 0 Å². The van der Waals surface area contributed by atoms with Crippen LogP contribution in [-0.4, -0.2) is 0 Å². The zero-order valence-electron chi connectivity index (χ0n) is 9.97. The predicted molar refractivity (Wildman–Crippen MR) is 63.6 cm³/mol. The van der Waals surface area contributed by atoms with E-state index in [0.717, 1.165) is 12.8 Å². The van der Waals surface area contributed by atoms with E-state index in [-0.39, 0.29) is 16.8 Å². The van der Waals surface area contributed by atoms with Crippen molar-refractivity contribution in [3.63, 3.8) is 0 Å². The van der Waals surface area contributed by atoms with Crippen molar-refractivity contribution in [1.82, 2.24) is 0 Å². The molecule has 0 N–H and O–H groups in total. The first-order valence-corrected chi connectivity index (χ1v) is 5.50. The van der Waals surface area contributed by atoms with E-state index in [9.17, 15) is 13.2 Å². The molecule has 0 atom stereocenters. The van der Waals surface area contributed by atoms with Gasteiger partial charge in [-0.25, -0.2) is 24.3 Å². The van der Waals surface area contributed by atoms with Crippen LogP contribution in [0.15, 0.2) is 36.5 Å². The summed E-state index contributed by atoms with van der Waals surface area (Å²) >= 11 is 0. The van der Waals surface area contributed by atoms with E-state index in [1.165, 1.54) is 19.3 Å². The first-order chi connectivity index (χ1) is 8.23. The molecule has 0 fully saturated rings. The summed E-state index contributed by atoms with van der Waals surface area (Å²) in [6.45, 7) is -3.08. The third-order valence-corrected chi connectivity index (χ3v) is 1.88. The Morgan fingerprint density at radius 2 is 1.50 bits per heavy atom. The van der Waals surface area contributed by atoms with Crippen LogP contribution in [0.4, 0.5) is 13.2 Å². The normalized spacial score (nSPS) is 15.8. The summed E-state index contributed by atoms with van der Waals surface area (Å²) in [6, 6.07) is 0. The van der Waals surface area contributed by atoms with Gasteiger partial charge in [-0.1, -0.05) is 19.3 Å². The Morgan fingerprint density at radius 3 is 2.00 bits per heavy atom. The monoisotopic (exact) mass is 300 g/mol. The molecule has 0 aromatic heterocycles. The summed E-state index contributed by atoms with van der Waals surface area (Å²) in [4.78, 5) is 0. The molecule has 0 radical (unpaired) electrons. The van der Waals surface area contributed by atoms with E-state index in [2.05, 4.69) is 30.4 Å². The smallest absolute Gasteiger partial charge is 0.385 e. The van der Waals surface area contributed by atoms with Crippen LogP contribution in [0, 0.1) is 18.8 Å². The molecule has 2 aliphatic carbocycles. The Kier molecular flexibility index (Phi) is 17.7. The minimum Gasteiger partial charge on any atom is -0.385 e. The van der Waals surface area contributed by atoms with Crippen molar-refractivity contribution in [2.75, 3.05) is 0 Å². The van der Waals surface area contributed by atoms with E-state index in [1.807, 2.05) is 18.2 Å². The van der Waals surface area contributed by atoms with Crippen molar-refractivity contribution >= 4 is 0 Å². The third-order valence-electron chi connectivity index (χ3n) is 1.88. The molecule has 0 saturated carbocycles. The molecule has 0 heterocycles. The van der Waals surface area contributed by atoms with Crippen molar-refractivity contribution < 1.29 is 30.0 Å². The molecule has 2 rings (SSSR count). The number of allylic oxidation sites excluding steroid dienone is 8. The number of halogens is 3. The van der Waals surface area contributed by atoms with Gasteiger partial charge in [0.1, 0.15) is 0 Å². The van der Waals surface area contributed by atoms with Gasteiger partial charge in [-0.2, -0.15) is 12.2 Å². The first kappa shape index (κ1) is 19.6. The van der Waals surface area contributed by atoms with Crippen LogP contribution in [0.5, 0.6) is 0 Å². The largest absolute Gasteiger partial charge is 3.00 e. The van der Waals surface area contributed by atoms with E-state index in [4.69, 9.17) is 0 Å². The van der Waals surface area contributed by atoms with Crippen LogP contribution in [0.2, 0.25) is 0 Å². The molecule has 0 nitrogen and oxygen atoms in total. The number of hydrogen-bond acceptors (Lipinski definition) is 0. The van der Waals surface area contributed by atoms with Crippen LogP contribution < -0.4 is 0 Å². The van der Waals surface area contributed by atoms with Gasteiger partial charge >= 0.3 is 16.8 Å². The van der Waals surface area contributed by atoms with E-state index >= 15 is 0 Å². The predicted octanol–water partition coefficient (Wildman–Crippen LogP) is 5.12. The minimum atomic E-state index is -3.08. The van der Waals surface area contributed by atoms with Crippen molar-refractivity contribution in [2.45, 2.75) is 32.1 Å². The van der Waals surface area contributed by atoms with E-state index in [0.29, 0.717) is 0 Å². The SMILES string of the molecule is F[C-](F)F.[C-]1=CC=CC1.[C-]1=CC=CCCCC1.[Co+3]. The van der Waals surface area contributed by atoms with Gasteiger partial charge in [0, 0.05) is 0 Å². The van der Waals surface area contributed by atoms with Gasteiger partial charge in [-0.05, 0) is 0 Å². The molecule has 2 aliphatic rings. The fourth-order valence-corrected chi connectivity index (χ4v) is 1.15. The molecule has 0 amide bonds. The molecular weight excluding hydrogens is 284 g/mol. The molecule has 0 spiro atoms. The summed E-state index contributed by atoms with van der Waals surface area (Å²) in [7, 11) is 0. The van der Waals surface area contributed by atoms with Crippen LogP contribution in [0.3, 0.4) is 0 Å². The van der Waals surface area contributed by atoms with Gasteiger partial charge in [-0.15, -0.1) is 12.8 Å². The Labute approximate surface area is 118 Å². The maximum atomic E-state index is 9.58. The van der Waals surface area contributed by atoms with Gasteiger partial charge in [0.25, 0.3) is 0 Å². The van der Waals surface area contributed by atoms with Crippen LogP contribution in [0.1, 0.15) is 32.1 Å². The molecule has 102 valence electrons. The Bertz CT molecular complexity index is 241. The van der Waals surface area contributed by atoms with Crippen LogP contribution >= 0.6 is 0 Å². The molecule has 4 heteroatoms. The Hall–Kier alpha value is -0.744. The topological polar surface area (TPSA) is 0 Å². The standard InChI is InChI=1S/C8H11.C5H5.CF3.Co/c1-2-4-6-8-7-5-3-1;1-2-4-5-3-1;2-1(3)4;/h1-3H,4,6-8H2;1-3H,4H2;;/q3*-1;+3. The fraction of sp³-hybridized carbons (Fsp3) is 0.357. The molecule has 18 heavy (non-hydrogen) atoms. The second-order valence-corrected chi connectivity index (χ2v) is 3.26. The Balaban J connectivity index is 0. The van der Waals surface area contributed by atoms with Gasteiger partial charge in [-0.3, -0.25) is 12.2 Å². The zero-order valence-corrected chi connectivity index (χ0v) is 11.0. The fourth-order valence-electron chi connectivity index (χ4n) is 1.15. The maximum Gasteiger partial charge on any atom is 3.00 e. The third kappa shape index (κ3) is 20.6. The first-order valence-electron chi connectivity index (χ1n) is 5.50. The van der Waals surface area contributed by atoms with Crippen LogP contribution in [0.25, 0.3) is 0 Å². The maximum absolute atomic E-state index is 9.58. The van der Waals surface area contributed by atoms with Crippen molar-refractivity contribution in [3.05, 3.63) is 55.3 Å². The van der Waals surface area contributed by atoms with Crippen molar-refractivity contribution in [2.24, 2.45) is 0 Å². The molecule has 0 saturated heterocycles. The quantitative estimate of drug-likeness (QED) is 0.545. The number of hydrogen-bond donors (Lipinski definition) is 0. The summed E-state index contributed by atoms with van der Waals surface area (Å²) in [5, 5.41) is 0. The molecule has 0 aromatic rings. The molecule has 0 aliphatic heterocycles.